The third-order valence-corrected chi connectivity index (χ3v) is 3.43. The third-order valence-electron chi connectivity index (χ3n) is 2.60. The van der Waals surface area contributed by atoms with E-state index in [2.05, 4.69) is 64.3 Å². The minimum Gasteiger partial charge on any atom is -0.366 e. The number of pyridine rings is 1. The van der Waals surface area contributed by atoms with Crippen molar-refractivity contribution in [3.05, 3.63) is 57.7 Å². The Kier molecular flexibility index (Phi) is 3.79. The fraction of sp³-hybridized carbons (Fsp3) is 0.214. The first-order chi connectivity index (χ1) is 8.15. The van der Waals surface area contributed by atoms with Crippen molar-refractivity contribution in [1.82, 2.24) is 4.98 Å². The Hall–Kier alpha value is -1.35. The molecule has 2 rings (SSSR count). The van der Waals surface area contributed by atoms with E-state index in [0.717, 1.165) is 16.8 Å². The molecule has 0 aliphatic rings. The predicted octanol–water partition coefficient (Wildman–Crippen LogP) is 4.07. The summed E-state index contributed by atoms with van der Waals surface area (Å²) in [6.07, 6.45) is 1.83. The van der Waals surface area contributed by atoms with Gasteiger partial charge in [0.1, 0.15) is 5.82 Å². The number of halogens is 1. The fourth-order valence-electron chi connectivity index (χ4n) is 1.65. The maximum atomic E-state index is 4.32. The average molecular weight is 291 g/mol. The van der Waals surface area contributed by atoms with E-state index in [1.807, 2.05) is 12.3 Å². The average Bonchev–Trinajstić information content (AvgIpc) is 2.31. The minimum absolute atomic E-state index is 0.801. The normalized spacial score (nSPS) is 10.3. The van der Waals surface area contributed by atoms with Crippen LogP contribution in [0.3, 0.4) is 0 Å². The van der Waals surface area contributed by atoms with E-state index in [0.29, 0.717) is 0 Å². The Morgan fingerprint density at radius 2 is 2.06 bits per heavy atom. The Morgan fingerprint density at radius 3 is 2.76 bits per heavy atom. The molecule has 0 radical (unpaired) electrons. The van der Waals surface area contributed by atoms with Crippen LogP contribution < -0.4 is 5.32 Å². The lowest BCUT2D eigenvalue weighted by Gasteiger charge is -2.07. The number of rotatable bonds is 3. The molecule has 0 fully saturated rings. The van der Waals surface area contributed by atoms with Crippen LogP contribution in [0.25, 0.3) is 0 Å². The number of hydrogen-bond donors (Lipinski definition) is 1. The molecule has 1 aromatic carbocycles. The molecule has 0 atom stereocenters. The first-order valence-corrected chi connectivity index (χ1v) is 6.36. The number of benzene rings is 1. The summed E-state index contributed by atoms with van der Waals surface area (Å²) in [5.74, 6) is 0.909. The van der Waals surface area contributed by atoms with Crippen molar-refractivity contribution >= 4 is 21.7 Å². The second kappa shape index (κ2) is 5.32. The summed E-state index contributed by atoms with van der Waals surface area (Å²) in [4.78, 5) is 4.32. The smallest absolute Gasteiger partial charge is 0.126 e. The molecular formula is C14H15BrN2. The van der Waals surface area contributed by atoms with Gasteiger partial charge in [0, 0.05) is 17.2 Å². The quantitative estimate of drug-likeness (QED) is 0.922. The highest BCUT2D eigenvalue weighted by molar-refractivity contribution is 9.10. The first-order valence-electron chi connectivity index (χ1n) is 5.57. The molecule has 88 valence electrons. The number of nitrogens with zero attached hydrogens (tertiary/aromatic N) is 1. The van der Waals surface area contributed by atoms with Gasteiger partial charge in [-0.05, 0) is 47.0 Å². The molecule has 0 aliphatic carbocycles. The molecule has 2 aromatic rings. The van der Waals surface area contributed by atoms with E-state index < -0.39 is 0 Å². The van der Waals surface area contributed by atoms with Crippen molar-refractivity contribution < 1.29 is 0 Å². The molecule has 1 aromatic heterocycles. The Labute approximate surface area is 110 Å². The molecule has 0 amide bonds. The van der Waals surface area contributed by atoms with E-state index >= 15 is 0 Å². The van der Waals surface area contributed by atoms with Gasteiger partial charge >= 0.3 is 0 Å². The summed E-state index contributed by atoms with van der Waals surface area (Å²) in [5.41, 5.74) is 3.74. The topological polar surface area (TPSA) is 24.9 Å². The zero-order valence-corrected chi connectivity index (χ0v) is 11.6. The molecule has 0 aliphatic heterocycles. The van der Waals surface area contributed by atoms with Crippen molar-refractivity contribution in [2.45, 2.75) is 20.4 Å². The summed E-state index contributed by atoms with van der Waals surface area (Å²) < 4.78 is 1.04. The van der Waals surface area contributed by atoms with Gasteiger partial charge < -0.3 is 5.32 Å². The molecule has 2 nitrogen and oxygen atoms in total. The number of aromatic nitrogens is 1. The molecule has 0 unspecified atom stereocenters. The SMILES string of the molecule is Cc1cccc(CNc2cc(C)c(Br)cn2)c1. The molecular weight excluding hydrogens is 276 g/mol. The highest BCUT2D eigenvalue weighted by atomic mass is 79.9. The Balaban J connectivity index is 2.05. The van der Waals surface area contributed by atoms with Crippen LogP contribution in [-0.4, -0.2) is 4.98 Å². The zero-order chi connectivity index (χ0) is 12.3. The second-order valence-electron chi connectivity index (χ2n) is 4.16. The molecule has 1 heterocycles. The fourth-order valence-corrected chi connectivity index (χ4v) is 1.87. The van der Waals surface area contributed by atoms with Crippen molar-refractivity contribution in [3.63, 3.8) is 0 Å². The van der Waals surface area contributed by atoms with Crippen LogP contribution in [-0.2, 0) is 6.54 Å². The van der Waals surface area contributed by atoms with Gasteiger partial charge in [-0.15, -0.1) is 0 Å². The summed E-state index contributed by atoms with van der Waals surface area (Å²) in [6, 6.07) is 10.5. The Bertz CT molecular complexity index is 523. The maximum Gasteiger partial charge on any atom is 0.126 e. The van der Waals surface area contributed by atoms with E-state index in [1.54, 1.807) is 0 Å². The van der Waals surface area contributed by atoms with Gasteiger partial charge in [-0.2, -0.15) is 0 Å². The summed E-state index contributed by atoms with van der Waals surface area (Å²) in [6.45, 7) is 4.96. The predicted molar refractivity (Wildman–Crippen MR) is 75.2 cm³/mol. The first kappa shape index (κ1) is 12.1. The van der Waals surface area contributed by atoms with E-state index in [4.69, 9.17) is 0 Å². The van der Waals surface area contributed by atoms with Crippen molar-refractivity contribution in [1.29, 1.82) is 0 Å². The lowest BCUT2D eigenvalue weighted by atomic mass is 10.1. The molecule has 0 saturated heterocycles. The summed E-state index contributed by atoms with van der Waals surface area (Å²) >= 11 is 3.44. The largest absolute Gasteiger partial charge is 0.366 e. The summed E-state index contributed by atoms with van der Waals surface area (Å²) in [5, 5.41) is 3.32. The van der Waals surface area contributed by atoms with Gasteiger partial charge in [-0.3, -0.25) is 0 Å². The second-order valence-corrected chi connectivity index (χ2v) is 5.02. The maximum absolute atomic E-state index is 4.32. The van der Waals surface area contributed by atoms with E-state index in [1.165, 1.54) is 16.7 Å². The number of anilines is 1. The molecule has 0 saturated carbocycles. The van der Waals surface area contributed by atoms with Crippen LogP contribution in [0.15, 0.2) is 41.0 Å². The molecule has 3 heteroatoms. The van der Waals surface area contributed by atoms with Gasteiger partial charge in [-0.25, -0.2) is 4.98 Å². The Morgan fingerprint density at radius 1 is 1.24 bits per heavy atom. The number of hydrogen-bond acceptors (Lipinski definition) is 2. The van der Waals surface area contributed by atoms with Crippen LogP contribution in [0, 0.1) is 13.8 Å². The monoisotopic (exact) mass is 290 g/mol. The van der Waals surface area contributed by atoms with Crippen LogP contribution in [0.5, 0.6) is 0 Å². The van der Waals surface area contributed by atoms with Crippen molar-refractivity contribution in [2.24, 2.45) is 0 Å². The minimum atomic E-state index is 0.801. The highest BCUT2D eigenvalue weighted by Gasteiger charge is 1.99. The van der Waals surface area contributed by atoms with Crippen molar-refractivity contribution in [2.75, 3.05) is 5.32 Å². The lowest BCUT2D eigenvalue weighted by molar-refractivity contribution is 1.10. The van der Waals surface area contributed by atoms with E-state index in [9.17, 15) is 0 Å². The van der Waals surface area contributed by atoms with Crippen LogP contribution in [0.2, 0.25) is 0 Å². The highest BCUT2D eigenvalue weighted by Crippen LogP contribution is 2.17. The lowest BCUT2D eigenvalue weighted by Crippen LogP contribution is -2.01. The van der Waals surface area contributed by atoms with Crippen LogP contribution in [0.1, 0.15) is 16.7 Å². The molecule has 17 heavy (non-hydrogen) atoms. The van der Waals surface area contributed by atoms with Gasteiger partial charge in [0.05, 0.1) is 0 Å². The van der Waals surface area contributed by atoms with E-state index in [-0.39, 0.29) is 0 Å². The molecule has 0 bridgehead atoms. The molecule has 1 N–H and O–H groups in total. The number of aryl methyl sites for hydroxylation is 2. The van der Waals surface area contributed by atoms with Gasteiger partial charge in [-0.1, -0.05) is 29.8 Å². The zero-order valence-electron chi connectivity index (χ0n) is 10.00. The van der Waals surface area contributed by atoms with Gasteiger partial charge in [0.2, 0.25) is 0 Å². The standard InChI is InChI=1S/C14H15BrN2/c1-10-4-3-5-12(6-10)8-16-14-7-11(2)13(15)9-17-14/h3-7,9H,8H2,1-2H3,(H,16,17). The number of nitrogens with one attached hydrogen (secondary N) is 1. The third kappa shape index (κ3) is 3.30. The van der Waals surface area contributed by atoms with Crippen molar-refractivity contribution in [3.8, 4) is 0 Å². The van der Waals surface area contributed by atoms with Crippen LogP contribution in [0.4, 0.5) is 5.82 Å². The van der Waals surface area contributed by atoms with Gasteiger partial charge in [0.25, 0.3) is 0 Å². The van der Waals surface area contributed by atoms with Crippen LogP contribution >= 0.6 is 15.9 Å². The molecule has 0 spiro atoms. The van der Waals surface area contributed by atoms with Gasteiger partial charge in [0.15, 0.2) is 0 Å². The summed E-state index contributed by atoms with van der Waals surface area (Å²) in [7, 11) is 0.